The van der Waals surface area contributed by atoms with Crippen molar-refractivity contribution in [3.05, 3.63) is 29.8 Å². The van der Waals surface area contributed by atoms with Gasteiger partial charge in [-0.3, -0.25) is 0 Å². The molecule has 1 aromatic rings. The molecule has 0 aromatic heterocycles. The van der Waals surface area contributed by atoms with Crippen LogP contribution in [0.1, 0.15) is 5.56 Å². The number of phenols is 2. The Hall–Kier alpha value is -2.50. The topological polar surface area (TPSA) is 104 Å². The highest BCUT2D eigenvalue weighted by Gasteiger charge is 2.02. The number of aliphatic carboxylic acids is 1. The number of benzene rings is 1. The van der Waals surface area contributed by atoms with E-state index in [9.17, 15) is 9.59 Å². The minimum absolute atomic E-state index is 0.268. The summed E-state index contributed by atoms with van der Waals surface area (Å²) >= 11 is 0. The van der Waals surface area contributed by atoms with E-state index in [2.05, 4.69) is 4.74 Å². The van der Waals surface area contributed by atoms with Gasteiger partial charge in [-0.2, -0.15) is 0 Å². The fourth-order valence-electron chi connectivity index (χ4n) is 0.989. The zero-order valence-corrected chi connectivity index (χ0v) is 8.66. The minimum atomic E-state index is -1.24. The number of carboxylic acids is 1. The van der Waals surface area contributed by atoms with Crippen LogP contribution in [0.3, 0.4) is 0 Å². The second-order valence-corrected chi connectivity index (χ2v) is 3.08. The number of carboxylic acid groups (broad SMARTS) is 1. The first kappa shape index (κ1) is 12.6. The van der Waals surface area contributed by atoms with Crippen molar-refractivity contribution in [3.8, 4) is 11.5 Å². The number of ether oxygens (including phenoxy) is 1. The van der Waals surface area contributed by atoms with Crippen molar-refractivity contribution < 1.29 is 29.6 Å². The third-order valence-corrected chi connectivity index (χ3v) is 1.75. The summed E-state index contributed by atoms with van der Waals surface area (Å²) in [7, 11) is 0. The van der Waals surface area contributed by atoms with Gasteiger partial charge < -0.3 is 20.1 Å². The van der Waals surface area contributed by atoms with E-state index in [0.717, 1.165) is 6.08 Å². The molecular formula is C11H10O6. The summed E-state index contributed by atoms with van der Waals surface area (Å²) in [5.41, 5.74) is 0.465. The maximum atomic E-state index is 11.0. The van der Waals surface area contributed by atoms with E-state index < -0.39 is 18.5 Å². The van der Waals surface area contributed by atoms with Crippen molar-refractivity contribution in [2.45, 2.75) is 0 Å². The summed E-state index contributed by atoms with van der Waals surface area (Å²) in [6.45, 7) is -0.704. The molecule has 90 valence electrons. The van der Waals surface area contributed by atoms with Crippen molar-refractivity contribution in [1.82, 2.24) is 0 Å². The molecule has 0 unspecified atom stereocenters. The normalized spacial score (nSPS) is 10.4. The first-order valence-electron chi connectivity index (χ1n) is 4.57. The van der Waals surface area contributed by atoms with E-state index in [-0.39, 0.29) is 11.5 Å². The zero-order chi connectivity index (χ0) is 12.8. The monoisotopic (exact) mass is 238 g/mol. The van der Waals surface area contributed by atoms with Gasteiger partial charge in [-0.05, 0) is 23.8 Å². The van der Waals surface area contributed by atoms with E-state index in [4.69, 9.17) is 15.3 Å². The molecule has 0 aliphatic rings. The molecule has 0 radical (unpaired) electrons. The Morgan fingerprint density at radius 2 is 1.94 bits per heavy atom. The van der Waals surface area contributed by atoms with Crippen molar-refractivity contribution in [3.63, 3.8) is 0 Å². The molecule has 3 N–H and O–H groups in total. The molecule has 6 nitrogen and oxygen atoms in total. The summed E-state index contributed by atoms with van der Waals surface area (Å²) in [5, 5.41) is 26.5. The highest BCUT2D eigenvalue weighted by molar-refractivity contribution is 5.88. The second-order valence-electron chi connectivity index (χ2n) is 3.08. The molecule has 0 fully saturated rings. The minimum Gasteiger partial charge on any atom is -0.504 e. The standard InChI is InChI=1S/C11H10O6/c12-8-3-1-7(5-9(8)13)2-4-11(16)17-6-10(14)15/h1-5,12-13H,6H2,(H,14,15). The Balaban J connectivity index is 2.61. The Kier molecular flexibility index (Phi) is 4.10. The van der Waals surface area contributed by atoms with E-state index in [0.29, 0.717) is 5.56 Å². The van der Waals surface area contributed by atoms with Gasteiger partial charge in [0, 0.05) is 6.08 Å². The van der Waals surface area contributed by atoms with Crippen LogP contribution in [0.5, 0.6) is 11.5 Å². The molecule has 0 aliphatic heterocycles. The summed E-state index contributed by atoms with van der Waals surface area (Å²) in [4.78, 5) is 21.1. The Bertz CT molecular complexity index is 463. The van der Waals surface area contributed by atoms with Gasteiger partial charge in [0.05, 0.1) is 0 Å². The third kappa shape index (κ3) is 4.25. The molecule has 0 saturated carbocycles. The summed E-state index contributed by atoms with van der Waals surface area (Å²) in [5.74, 6) is -2.63. The van der Waals surface area contributed by atoms with Crippen LogP contribution in [0.4, 0.5) is 0 Å². The fraction of sp³-hybridized carbons (Fsp3) is 0.0909. The van der Waals surface area contributed by atoms with E-state index in [1.54, 1.807) is 0 Å². The molecule has 0 heterocycles. The lowest BCUT2D eigenvalue weighted by molar-refractivity contribution is -0.151. The number of hydrogen-bond donors (Lipinski definition) is 3. The lowest BCUT2D eigenvalue weighted by atomic mass is 10.2. The molecule has 1 rings (SSSR count). The maximum Gasteiger partial charge on any atom is 0.341 e. The number of carbonyl (C=O) groups is 2. The summed E-state index contributed by atoms with van der Waals surface area (Å²) < 4.78 is 4.34. The SMILES string of the molecule is O=C(O)COC(=O)C=Cc1ccc(O)c(O)c1. The summed E-state index contributed by atoms with van der Waals surface area (Å²) in [6, 6.07) is 3.98. The van der Waals surface area contributed by atoms with Gasteiger partial charge in [-0.25, -0.2) is 9.59 Å². The van der Waals surface area contributed by atoms with Crippen molar-refractivity contribution >= 4 is 18.0 Å². The highest BCUT2D eigenvalue weighted by atomic mass is 16.5. The van der Waals surface area contributed by atoms with Crippen molar-refractivity contribution in [1.29, 1.82) is 0 Å². The van der Waals surface area contributed by atoms with Gasteiger partial charge in [-0.1, -0.05) is 6.07 Å². The van der Waals surface area contributed by atoms with Crippen LogP contribution in [0.25, 0.3) is 6.08 Å². The molecule has 6 heteroatoms. The van der Waals surface area contributed by atoms with Gasteiger partial charge in [-0.15, -0.1) is 0 Å². The molecule has 0 atom stereocenters. The Labute approximate surface area is 96.4 Å². The molecule has 0 bridgehead atoms. The molecule has 0 saturated heterocycles. The van der Waals surface area contributed by atoms with Crippen LogP contribution in [0.2, 0.25) is 0 Å². The lowest BCUT2D eigenvalue weighted by Gasteiger charge is -1.99. The zero-order valence-electron chi connectivity index (χ0n) is 8.66. The van der Waals surface area contributed by atoms with Gasteiger partial charge >= 0.3 is 11.9 Å². The molecule has 0 amide bonds. The molecular weight excluding hydrogens is 228 g/mol. The number of rotatable bonds is 4. The number of aromatic hydroxyl groups is 2. The van der Waals surface area contributed by atoms with Crippen molar-refractivity contribution in [2.24, 2.45) is 0 Å². The molecule has 0 aliphatic carbocycles. The number of phenolic OH excluding ortho intramolecular Hbond substituents is 2. The second kappa shape index (κ2) is 5.55. The average molecular weight is 238 g/mol. The smallest absolute Gasteiger partial charge is 0.341 e. The number of esters is 1. The van der Waals surface area contributed by atoms with Crippen LogP contribution in [0, 0.1) is 0 Å². The van der Waals surface area contributed by atoms with Crippen LogP contribution in [-0.2, 0) is 14.3 Å². The first-order chi connectivity index (χ1) is 7.99. The number of carbonyl (C=O) groups excluding carboxylic acids is 1. The van der Waals surface area contributed by atoms with Gasteiger partial charge in [0.1, 0.15) is 0 Å². The van der Waals surface area contributed by atoms with Crippen LogP contribution < -0.4 is 0 Å². The van der Waals surface area contributed by atoms with Gasteiger partial charge in [0.25, 0.3) is 0 Å². The molecule has 0 spiro atoms. The third-order valence-electron chi connectivity index (χ3n) is 1.75. The largest absolute Gasteiger partial charge is 0.504 e. The molecule has 1 aromatic carbocycles. The molecule has 17 heavy (non-hydrogen) atoms. The van der Waals surface area contributed by atoms with Gasteiger partial charge in [0.15, 0.2) is 18.1 Å². The van der Waals surface area contributed by atoms with Gasteiger partial charge in [0.2, 0.25) is 0 Å². The van der Waals surface area contributed by atoms with E-state index >= 15 is 0 Å². The van der Waals surface area contributed by atoms with Crippen LogP contribution in [-0.4, -0.2) is 33.9 Å². The van der Waals surface area contributed by atoms with E-state index in [1.165, 1.54) is 24.3 Å². The predicted octanol–water partition coefficient (Wildman–Crippen LogP) is 0.739. The van der Waals surface area contributed by atoms with Crippen molar-refractivity contribution in [2.75, 3.05) is 6.61 Å². The average Bonchev–Trinajstić information content (AvgIpc) is 2.28. The Morgan fingerprint density at radius 1 is 1.24 bits per heavy atom. The number of hydrogen-bond acceptors (Lipinski definition) is 5. The Morgan fingerprint density at radius 3 is 2.53 bits per heavy atom. The summed E-state index contributed by atoms with van der Waals surface area (Å²) in [6.07, 6.45) is 2.35. The van der Waals surface area contributed by atoms with E-state index in [1.807, 2.05) is 0 Å². The van der Waals surface area contributed by atoms with Crippen LogP contribution >= 0.6 is 0 Å². The maximum absolute atomic E-state index is 11.0. The van der Waals surface area contributed by atoms with Crippen LogP contribution in [0.15, 0.2) is 24.3 Å². The quantitative estimate of drug-likeness (QED) is 0.406. The highest BCUT2D eigenvalue weighted by Crippen LogP contribution is 2.25. The fourth-order valence-corrected chi connectivity index (χ4v) is 0.989. The lowest BCUT2D eigenvalue weighted by Crippen LogP contribution is -2.10. The first-order valence-corrected chi connectivity index (χ1v) is 4.57. The predicted molar refractivity (Wildman–Crippen MR) is 57.4 cm³/mol.